The molecule has 0 spiro atoms. The maximum atomic E-state index is 8.52. The summed E-state index contributed by atoms with van der Waals surface area (Å²) in [5.74, 6) is -1.68. The van der Waals surface area contributed by atoms with Crippen LogP contribution in [0.2, 0.25) is 0 Å². The maximum Gasteiger partial charge on any atom is 0.212 e. The number of aromatic nitrogens is 2. The summed E-state index contributed by atoms with van der Waals surface area (Å²) >= 11 is 0. The highest BCUT2D eigenvalue weighted by Gasteiger charge is 2.38. The summed E-state index contributed by atoms with van der Waals surface area (Å²) in [5.41, 5.74) is 9.03. The molecular weight excluding hydrogens is 328 g/mol. The molecule has 27 heavy (non-hydrogen) atoms. The number of fused-ring (bicyclic) bond motifs is 3. The van der Waals surface area contributed by atoms with Gasteiger partial charge in [-0.15, -0.1) is 0 Å². The van der Waals surface area contributed by atoms with Gasteiger partial charge >= 0.3 is 0 Å². The highest BCUT2D eigenvalue weighted by Crippen LogP contribution is 2.49. The fraction of sp³-hybridized carbons (Fsp3) is 0.360. The van der Waals surface area contributed by atoms with Gasteiger partial charge in [0.15, 0.2) is 6.20 Å². The lowest BCUT2D eigenvalue weighted by Crippen LogP contribution is -2.31. The molecule has 1 aliphatic carbocycles. The Hall–Kier alpha value is -2.48. The third-order valence-corrected chi connectivity index (χ3v) is 5.81. The first-order chi connectivity index (χ1) is 14.2. The van der Waals surface area contributed by atoms with Crippen molar-refractivity contribution in [2.75, 3.05) is 0 Å². The zero-order valence-corrected chi connectivity index (χ0v) is 16.9. The van der Waals surface area contributed by atoms with Crippen LogP contribution in [0.15, 0.2) is 42.6 Å². The van der Waals surface area contributed by atoms with Crippen LogP contribution in [-0.4, -0.2) is 4.98 Å². The molecule has 2 heterocycles. The molecule has 0 aliphatic heterocycles. The Kier molecular flexibility index (Phi) is 3.04. The largest absolute Gasteiger partial charge is 0.257 e. The Morgan fingerprint density at radius 2 is 1.85 bits per heavy atom. The fourth-order valence-corrected chi connectivity index (χ4v) is 4.17. The second kappa shape index (κ2) is 6.02. The van der Waals surface area contributed by atoms with Gasteiger partial charge in [0.05, 0.1) is 5.69 Å². The molecular formula is C25H29N2+. The summed E-state index contributed by atoms with van der Waals surface area (Å²) in [6, 6.07) is 12.2. The number of aryl methyl sites for hydroxylation is 3. The number of rotatable bonds is 2. The average Bonchev–Trinajstić information content (AvgIpc) is 2.87. The number of benzene rings is 1. The van der Waals surface area contributed by atoms with E-state index in [0.717, 1.165) is 28.2 Å². The molecule has 2 nitrogen and oxygen atoms in total. The summed E-state index contributed by atoms with van der Waals surface area (Å²) in [7, 11) is 1.95. The molecule has 4 rings (SSSR count). The molecule has 0 bridgehead atoms. The standard InChI is InChI=1S/C25H29N2/c1-15(2)18-10-11-27(7)23(13-18)20-14-22-21(12-16(20)3)19-9-8-17(4)26-24(19)25(22,5)6/h8-15H,1-7H3/q+1/i1D3,15D. The lowest BCUT2D eigenvalue weighted by molar-refractivity contribution is -0.660. The van der Waals surface area contributed by atoms with Gasteiger partial charge in [-0.05, 0) is 54.1 Å². The number of pyridine rings is 2. The normalized spacial score (nSPS) is 19.2. The van der Waals surface area contributed by atoms with Crippen LogP contribution in [0.4, 0.5) is 0 Å². The van der Waals surface area contributed by atoms with E-state index < -0.39 is 12.7 Å². The lowest BCUT2D eigenvalue weighted by Gasteiger charge is -2.21. The SMILES string of the molecule is [2H]C([2H])([2H])C([2H])(C)c1cc[n+](C)c(-c2cc3c(cc2C)-c2ccc(C)nc2C3(C)C)c1. The first-order valence-electron chi connectivity index (χ1n) is 11.4. The molecule has 138 valence electrons. The van der Waals surface area contributed by atoms with Crippen LogP contribution in [0, 0.1) is 13.8 Å². The van der Waals surface area contributed by atoms with E-state index in [1.165, 1.54) is 23.6 Å². The van der Waals surface area contributed by atoms with E-state index in [4.69, 9.17) is 10.5 Å². The van der Waals surface area contributed by atoms with Crippen molar-refractivity contribution in [1.82, 2.24) is 4.98 Å². The third kappa shape index (κ3) is 2.70. The van der Waals surface area contributed by atoms with Gasteiger partial charge in [0.2, 0.25) is 5.69 Å². The highest BCUT2D eigenvalue weighted by atomic mass is 14.9. The van der Waals surface area contributed by atoms with Crippen molar-refractivity contribution in [1.29, 1.82) is 0 Å². The Morgan fingerprint density at radius 3 is 2.59 bits per heavy atom. The van der Waals surface area contributed by atoms with Gasteiger partial charge in [-0.1, -0.05) is 39.8 Å². The Balaban J connectivity index is 1.92. The Labute approximate surface area is 168 Å². The van der Waals surface area contributed by atoms with Crippen molar-refractivity contribution < 1.29 is 10.1 Å². The number of nitrogens with zero attached hydrogens (tertiary/aromatic N) is 2. The molecule has 0 amide bonds. The van der Waals surface area contributed by atoms with Crippen LogP contribution in [0.25, 0.3) is 22.4 Å². The van der Waals surface area contributed by atoms with Crippen molar-refractivity contribution in [3.05, 3.63) is 70.7 Å². The zero-order chi connectivity index (χ0) is 22.9. The van der Waals surface area contributed by atoms with E-state index in [-0.39, 0.29) is 5.41 Å². The summed E-state index contributed by atoms with van der Waals surface area (Å²) < 4.78 is 34.0. The second-order valence-electron chi connectivity index (χ2n) is 8.22. The van der Waals surface area contributed by atoms with E-state index in [1.54, 1.807) is 6.07 Å². The highest BCUT2D eigenvalue weighted by molar-refractivity contribution is 5.83. The quantitative estimate of drug-likeness (QED) is 0.541. The molecule has 2 aromatic heterocycles. The van der Waals surface area contributed by atoms with Crippen LogP contribution >= 0.6 is 0 Å². The van der Waals surface area contributed by atoms with Crippen LogP contribution < -0.4 is 4.57 Å². The molecule has 1 aromatic carbocycles. The van der Waals surface area contributed by atoms with Gasteiger partial charge in [0.1, 0.15) is 7.05 Å². The maximum absolute atomic E-state index is 8.52. The van der Waals surface area contributed by atoms with Gasteiger partial charge in [-0.25, -0.2) is 4.57 Å². The van der Waals surface area contributed by atoms with Crippen LogP contribution in [0.1, 0.15) is 67.1 Å². The topological polar surface area (TPSA) is 16.8 Å². The van der Waals surface area contributed by atoms with Gasteiger partial charge in [0.25, 0.3) is 0 Å². The average molecular weight is 362 g/mol. The Morgan fingerprint density at radius 1 is 1.07 bits per heavy atom. The van der Waals surface area contributed by atoms with Gasteiger partial charge in [-0.2, -0.15) is 0 Å². The van der Waals surface area contributed by atoms with E-state index >= 15 is 0 Å². The predicted molar refractivity (Wildman–Crippen MR) is 112 cm³/mol. The van der Waals surface area contributed by atoms with Gasteiger partial charge < -0.3 is 0 Å². The number of hydrogen-bond donors (Lipinski definition) is 0. The van der Waals surface area contributed by atoms with Crippen molar-refractivity contribution in [3.8, 4) is 22.4 Å². The van der Waals surface area contributed by atoms with Crippen molar-refractivity contribution in [2.24, 2.45) is 7.05 Å². The summed E-state index contributed by atoms with van der Waals surface area (Å²) in [6.07, 6.45) is 1.85. The van der Waals surface area contributed by atoms with E-state index in [9.17, 15) is 0 Å². The second-order valence-corrected chi connectivity index (χ2v) is 8.22. The van der Waals surface area contributed by atoms with Crippen molar-refractivity contribution >= 4 is 0 Å². The molecule has 1 atom stereocenters. The Bertz CT molecular complexity index is 1210. The molecule has 0 fully saturated rings. The lowest BCUT2D eigenvalue weighted by atomic mass is 9.83. The van der Waals surface area contributed by atoms with Crippen molar-refractivity contribution in [2.45, 2.75) is 52.8 Å². The molecule has 3 aromatic rings. The summed E-state index contributed by atoms with van der Waals surface area (Å²) in [4.78, 5) is 4.85. The third-order valence-electron chi connectivity index (χ3n) is 5.81. The monoisotopic (exact) mass is 361 g/mol. The summed E-state index contributed by atoms with van der Waals surface area (Å²) in [5, 5.41) is 0. The molecule has 0 radical (unpaired) electrons. The molecule has 1 unspecified atom stereocenters. The van der Waals surface area contributed by atoms with Crippen LogP contribution in [-0.2, 0) is 12.5 Å². The van der Waals surface area contributed by atoms with Crippen LogP contribution in [0.5, 0.6) is 0 Å². The van der Waals surface area contributed by atoms with E-state index in [0.29, 0.717) is 5.56 Å². The first-order valence-corrected chi connectivity index (χ1v) is 9.39. The van der Waals surface area contributed by atoms with Gasteiger partial charge in [-0.3, -0.25) is 4.98 Å². The molecule has 0 saturated carbocycles. The zero-order valence-electron chi connectivity index (χ0n) is 20.9. The van der Waals surface area contributed by atoms with E-state index in [1.807, 2.05) is 30.8 Å². The molecule has 1 aliphatic rings. The van der Waals surface area contributed by atoms with Crippen molar-refractivity contribution in [3.63, 3.8) is 0 Å². The first kappa shape index (κ1) is 13.7. The van der Waals surface area contributed by atoms with E-state index in [2.05, 4.69) is 45.0 Å². The fourth-order valence-electron chi connectivity index (χ4n) is 4.17. The molecule has 2 heteroatoms. The van der Waals surface area contributed by atoms with Gasteiger partial charge in [0, 0.05) is 39.9 Å². The minimum atomic E-state index is -2.41. The number of hydrogen-bond acceptors (Lipinski definition) is 1. The molecule has 0 N–H and O–H groups in total. The smallest absolute Gasteiger partial charge is 0.212 e. The minimum absolute atomic E-state index is 0.224. The molecule has 0 saturated heterocycles. The predicted octanol–water partition coefficient (Wildman–Crippen LogP) is 5.62. The summed E-state index contributed by atoms with van der Waals surface area (Å²) in [6.45, 7) is 7.56. The minimum Gasteiger partial charge on any atom is -0.257 e. The van der Waals surface area contributed by atoms with Crippen LogP contribution in [0.3, 0.4) is 0 Å².